The van der Waals surface area contributed by atoms with E-state index in [9.17, 15) is 21.6 Å². The van der Waals surface area contributed by atoms with Crippen molar-refractivity contribution in [3.63, 3.8) is 0 Å². The molecule has 0 radical (unpaired) electrons. The zero-order valence-electron chi connectivity index (χ0n) is 19.4. The fraction of sp³-hybridized carbons (Fsp3) is 0.160. The van der Waals surface area contributed by atoms with Crippen LogP contribution in [0.5, 0.6) is 0 Å². The lowest BCUT2D eigenvalue weighted by Gasteiger charge is -2.16. The molecule has 3 aromatic carbocycles. The Morgan fingerprint density at radius 2 is 1.65 bits per heavy atom. The third-order valence-electron chi connectivity index (χ3n) is 5.44. The fourth-order valence-electron chi connectivity index (χ4n) is 3.71. The van der Waals surface area contributed by atoms with Gasteiger partial charge in [-0.3, -0.25) is 0 Å². The van der Waals surface area contributed by atoms with Gasteiger partial charge in [0.2, 0.25) is 0 Å². The molecule has 12 heteroatoms. The summed E-state index contributed by atoms with van der Waals surface area (Å²) in [6.07, 6.45) is -4.60. The Kier molecular flexibility index (Phi) is 7.37. The molecule has 192 valence electrons. The van der Waals surface area contributed by atoms with Gasteiger partial charge in [0, 0.05) is 10.9 Å². The van der Waals surface area contributed by atoms with Crippen molar-refractivity contribution in [3.8, 4) is 0 Å². The molecule has 1 aliphatic rings. The van der Waals surface area contributed by atoms with Crippen LogP contribution in [0.25, 0.3) is 0 Å². The summed E-state index contributed by atoms with van der Waals surface area (Å²) in [6, 6.07) is 19.6. The Morgan fingerprint density at radius 1 is 1.03 bits per heavy atom. The summed E-state index contributed by atoms with van der Waals surface area (Å²) in [5.41, 5.74) is 7.10. The summed E-state index contributed by atoms with van der Waals surface area (Å²) in [4.78, 5) is 3.65. The Bertz CT molecular complexity index is 1470. The quantitative estimate of drug-likeness (QED) is 0.354. The number of hydrogen-bond donors (Lipinski definition) is 1. The van der Waals surface area contributed by atoms with Gasteiger partial charge in [0.05, 0.1) is 28.6 Å². The van der Waals surface area contributed by atoms with Gasteiger partial charge in [0.15, 0.2) is 0 Å². The molecule has 0 bridgehead atoms. The minimum absolute atomic E-state index is 0.0211. The van der Waals surface area contributed by atoms with E-state index in [0.717, 1.165) is 23.3 Å². The molecule has 4 rings (SSSR count). The second-order valence-electron chi connectivity index (χ2n) is 8.18. The number of guanidine groups is 1. The highest BCUT2D eigenvalue weighted by Crippen LogP contribution is 2.32. The summed E-state index contributed by atoms with van der Waals surface area (Å²) >= 11 is 6.04. The number of alkyl halides is 3. The van der Waals surface area contributed by atoms with Crippen molar-refractivity contribution in [2.24, 2.45) is 20.2 Å². The Labute approximate surface area is 216 Å². The summed E-state index contributed by atoms with van der Waals surface area (Å²) in [5.74, 6) is -0.563. The van der Waals surface area contributed by atoms with E-state index >= 15 is 0 Å². The third kappa shape index (κ3) is 6.17. The van der Waals surface area contributed by atoms with E-state index in [-0.39, 0.29) is 24.3 Å². The van der Waals surface area contributed by atoms with E-state index in [4.69, 9.17) is 17.3 Å². The monoisotopic (exact) mass is 547 g/mol. The van der Waals surface area contributed by atoms with Crippen LogP contribution in [0, 0.1) is 0 Å². The van der Waals surface area contributed by atoms with Crippen LogP contribution in [-0.4, -0.2) is 37.5 Å². The van der Waals surface area contributed by atoms with Gasteiger partial charge in [0.25, 0.3) is 16.0 Å². The number of benzene rings is 3. The fourth-order valence-corrected chi connectivity index (χ4v) is 4.78. The highest BCUT2D eigenvalue weighted by molar-refractivity contribution is 7.90. The van der Waals surface area contributed by atoms with E-state index in [1.807, 2.05) is 30.3 Å². The first-order chi connectivity index (χ1) is 17.4. The molecule has 1 atom stereocenters. The largest absolute Gasteiger partial charge is 0.416 e. The molecule has 0 amide bonds. The van der Waals surface area contributed by atoms with Crippen molar-refractivity contribution in [1.82, 2.24) is 5.01 Å². The molecular formula is C25H21ClF3N5O2S. The third-order valence-corrected chi connectivity index (χ3v) is 6.97. The molecule has 0 aliphatic carbocycles. The first-order valence-corrected chi connectivity index (χ1v) is 12.8. The lowest BCUT2D eigenvalue weighted by molar-refractivity contribution is -0.137. The first kappa shape index (κ1) is 26.4. The summed E-state index contributed by atoms with van der Waals surface area (Å²) in [6.45, 7) is 1.65. The van der Waals surface area contributed by atoms with Crippen LogP contribution in [-0.2, 0) is 16.2 Å². The summed E-state index contributed by atoms with van der Waals surface area (Å²) in [5, 5.41) is 6.49. The number of amidine groups is 1. The Balaban J connectivity index is 1.77. The lowest BCUT2D eigenvalue weighted by atomic mass is 9.91. The van der Waals surface area contributed by atoms with E-state index < -0.39 is 26.7 Å². The van der Waals surface area contributed by atoms with Crippen LogP contribution in [0.3, 0.4) is 0 Å². The van der Waals surface area contributed by atoms with E-state index in [2.05, 4.69) is 14.5 Å². The summed E-state index contributed by atoms with van der Waals surface area (Å²) < 4.78 is 68.6. The standard InChI is InChI=1S/C25H21ClF3N5O2S/c1-16(30)31-24(33-37(35,36)21-13-9-19(10-14-21)25(27,28)29)34-15-22(17-5-3-2-4-6-17)23(32-34)18-7-11-20(26)12-8-18/h2-14,22H,15H2,1H3,(H2,30,31,33)/t22-/m1/s1. The first-order valence-electron chi connectivity index (χ1n) is 10.9. The molecule has 37 heavy (non-hydrogen) atoms. The van der Waals surface area contributed by atoms with Gasteiger partial charge in [0.1, 0.15) is 0 Å². The molecule has 2 N–H and O–H groups in total. The molecule has 1 heterocycles. The van der Waals surface area contributed by atoms with E-state index in [0.29, 0.717) is 22.9 Å². The number of hydrazone groups is 1. The number of sulfonamides is 1. The molecule has 0 saturated carbocycles. The zero-order chi connectivity index (χ0) is 26.8. The van der Waals surface area contributed by atoms with Gasteiger partial charge < -0.3 is 5.73 Å². The minimum Gasteiger partial charge on any atom is -0.387 e. The van der Waals surface area contributed by atoms with Crippen LogP contribution < -0.4 is 5.73 Å². The molecule has 0 fully saturated rings. The molecular weight excluding hydrogens is 527 g/mol. The Morgan fingerprint density at radius 3 is 2.22 bits per heavy atom. The van der Waals surface area contributed by atoms with Crippen molar-refractivity contribution in [2.75, 3.05) is 6.54 Å². The van der Waals surface area contributed by atoms with Gasteiger partial charge >= 0.3 is 6.18 Å². The predicted octanol–water partition coefficient (Wildman–Crippen LogP) is 5.28. The van der Waals surface area contributed by atoms with Crippen molar-refractivity contribution in [1.29, 1.82) is 0 Å². The highest BCUT2D eigenvalue weighted by Gasteiger charge is 2.33. The van der Waals surface area contributed by atoms with Crippen molar-refractivity contribution in [3.05, 3.63) is 101 Å². The average Bonchev–Trinajstić information content (AvgIpc) is 3.29. The minimum atomic E-state index is -4.60. The maximum atomic E-state index is 13.0. The van der Waals surface area contributed by atoms with Crippen molar-refractivity contribution >= 4 is 39.1 Å². The molecule has 0 saturated heterocycles. The number of halogens is 4. The highest BCUT2D eigenvalue weighted by atomic mass is 35.5. The molecule has 0 spiro atoms. The van der Waals surface area contributed by atoms with Gasteiger partial charge in [-0.15, -0.1) is 4.40 Å². The zero-order valence-corrected chi connectivity index (χ0v) is 21.0. The predicted molar refractivity (Wildman–Crippen MR) is 137 cm³/mol. The maximum Gasteiger partial charge on any atom is 0.416 e. The molecule has 7 nitrogen and oxygen atoms in total. The Hall–Kier alpha value is -3.70. The topological polar surface area (TPSA) is 100 Å². The lowest BCUT2D eigenvalue weighted by Crippen LogP contribution is -2.27. The SMILES string of the molecule is C/C(N)=N\C(=N\S(=O)(=O)c1ccc(C(F)(F)F)cc1)N1C[C@H](c2ccccc2)C(c2ccc(Cl)cc2)=N1. The van der Waals surface area contributed by atoms with Crippen molar-refractivity contribution < 1.29 is 21.6 Å². The second-order valence-corrected chi connectivity index (χ2v) is 10.2. The molecule has 0 aromatic heterocycles. The molecule has 1 aliphatic heterocycles. The number of hydrogen-bond acceptors (Lipinski definition) is 3. The second kappa shape index (κ2) is 10.3. The van der Waals surface area contributed by atoms with Crippen LogP contribution in [0.1, 0.15) is 29.5 Å². The summed E-state index contributed by atoms with van der Waals surface area (Å²) in [7, 11) is -4.45. The molecule has 0 unspecified atom stereocenters. The van der Waals surface area contributed by atoms with Crippen molar-refractivity contribution in [2.45, 2.75) is 23.9 Å². The van der Waals surface area contributed by atoms with E-state index in [1.165, 1.54) is 11.9 Å². The average molecular weight is 548 g/mol. The smallest absolute Gasteiger partial charge is 0.387 e. The van der Waals surface area contributed by atoms with Gasteiger partial charge in [-0.1, -0.05) is 54.1 Å². The van der Waals surface area contributed by atoms with Crippen LogP contribution in [0.2, 0.25) is 5.02 Å². The molecule has 3 aromatic rings. The van der Waals surface area contributed by atoms with Gasteiger partial charge in [-0.25, -0.2) is 5.01 Å². The number of nitrogens with zero attached hydrogens (tertiary/aromatic N) is 4. The van der Waals surface area contributed by atoms with Crippen LogP contribution in [0.15, 0.2) is 98.2 Å². The number of aliphatic imine (C=N–C) groups is 1. The van der Waals surface area contributed by atoms with Gasteiger partial charge in [-0.2, -0.15) is 31.7 Å². The van der Waals surface area contributed by atoms with Crippen LogP contribution in [0.4, 0.5) is 13.2 Å². The van der Waals surface area contributed by atoms with Gasteiger partial charge in [-0.05, 0) is 54.4 Å². The number of rotatable bonds is 4. The normalized spacial score (nSPS) is 17.2. The number of nitrogens with two attached hydrogens (primary N) is 1. The van der Waals surface area contributed by atoms with E-state index in [1.54, 1.807) is 24.3 Å². The maximum absolute atomic E-state index is 13.0. The van der Waals surface area contributed by atoms with Crippen LogP contribution >= 0.6 is 11.6 Å².